The average Bonchev–Trinajstić information content (AvgIpc) is 2.53. The maximum atomic E-state index is 9.21. The Balaban J connectivity index is 2.25. The van der Waals surface area contributed by atoms with Gasteiger partial charge < -0.3 is 15.6 Å². The number of hydrogen-bond donors (Lipinski definition) is 2. The Bertz CT molecular complexity index is 571. The Morgan fingerprint density at radius 1 is 1.19 bits per heavy atom. The highest BCUT2D eigenvalue weighted by molar-refractivity contribution is 9.10. The summed E-state index contributed by atoms with van der Waals surface area (Å²) < 4.78 is 7.11. The molecule has 0 aliphatic rings. The maximum Gasteiger partial charge on any atom is 0.139 e. The van der Waals surface area contributed by atoms with Crippen LogP contribution in [0.1, 0.15) is 30.6 Å². The second-order valence-corrected chi connectivity index (χ2v) is 5.88. The van der Waals surface area contributed by atoms with Gasteiger partial charge in [-0.2, -0.15) is 0 Å². The Labute approximate surface area is 133 Å². The van der Waals surface area contributed by atoms with Crippen molar-refractivity contribution in [3.8, 4) is 5.75 Å². The smallest absolute Gasteiger partial charge is 0.139 e. The number of aliphatic hydroxyl groups excluding tert-OH is 1. The molecule has 3 nitrogen and oxygen atoms in total. The summed E-state index contributed by atoms with van der Waals surface area (Å²) in [7, 11) is 0. The minimum absolute atomic E-state index is 0.0000181. The van der Waals surface area contributed by atoms with Crippen LogP contribution in [-0.4, -0.2) is 11.1 Å². The fourth-order valence-electron chi connectivity index (χ4n) is 2.13. The number of nitrogens with two attached hydrogens (primary N) is 1. The van der Waals surface area contributed by atoms with E-state index in [2.05, 4.69) is 15.9 Å². The topological polar surface area (TPSA) is 55.5 Å². The van der Waals surface area contributed by atoms with Crippen molar-refractivity contribution in [2.24, 2.45) is 5.73 Å². The third-order valence-electron chi connectivity index (χ3n) is 3.40. The lowest BCUT2D eigenvalue weighted by atomic mass is 10.0. The molecule has 2 aromatic rings. The van der Waals surface area contributed by atoms with E-state index in [1.807, 2.05) is 55.5 Å². The first-order valence-corrected chi connectivity index (χ1v) is 7.81. The molecule has 0 spiro atoms. The number of ether oxygens (including phenoxy) is 1. The summed E-state index contributed by atoms with van der Waals surface area (Å²) in [6.07, 6.45) is 0.609. The minimum Gasteiger partial charge on any atom is -0.484 e. The van der Waals surface area contributed by atoms with Crippen molar-refractivity contribution >= 4 is 15.9 Å². The third kappa shape index (κ3) is 4.30. The molecule has 112 valence electrons. The fourth-order valence-corrected chi connectivity index (χ4v) is 2.40. The van der Waals surface area contributed by atoms with Gasteiger partial charge in [-0.1, -0.05) is 47.1 Å². The van der Waals surface area contributed by atoms with Gasteiger partial charge in [-0.25, -0.2) is 0 Å². The van der Waals surface area contributed by atoms with Crippen LogP contribution in [0.3, 0.4) is 0 Å². The molecule has 2 atom stereocenters. The van der Waals surface area contributed by atoms with E-state index in [0.29, 0.717) is 0 Å². The largest absolute Gasteiger partial charge is 0.484 e. The molecule has 0 aliphatic carbocycles. The highest BCUT2D eigenvalue weighted by Crippen LogP contribution is 2.27. The van der Waals surface area contributed by atoms with E-state index in [4.69, 9.17) is 10.5 Å². The molecule has 4 heteroatoms. The van der Waals surface area contributed by atoms with E-state index in [1.165, 1.54) is 0 Å². The van der Waals surface area contributed by atoms with E-state index in [9.17, 15) is 5.11 Å². The monoisotopic (exact) mass is 349 g/mol. The molecule has 0 radical (unpaired) electrons. The molecular formula is C17H20BrNO2. The van der Waals surface area contributed by atoms with Gasteiger partial charge >= 0.3 is 0 Å². The van der Waals surface area contributed by atoms with E-state index in [0.717, 1.165) is 27.8 Å². The summed E-state index contributed by atoms with van der Waals surface area (Å²) in [6, 6.07) is 15.4. The van der Waals surface area contributed by atoms with Crippen LogP contribution in [0.25, 0.3) is 0 Å². The number of rotatable bonds is 6. The molecule has 0 aromatic heterocycles. The summed E-state index contributed by atoms with van der Waals surface area (Å²) in [5, 5.41) is 9.21. The van der Waals surface area contributed by atoms with Gasteiger partial charge in [0.15, 0.2) is 0 Å². The molecule has 0 saturated heterocycles. The molecule has 0 bridgehead atoms. The first-order valence-electron chi connectivity index (χ1n) is 7.01. The summed E-state index contributed by atoms with van der Waals surface area (Å²) in [6.45, 7) is 2.05. The van der Waals surface area contributed by atoms with Crippen molar-refractivity contribution in [2.75, 3.05) is 0 Å². The van der Waals surface area contributed by atoms with Crippen LogP contribution in [0, 0.1) is 0 Å². The van der Waals surface area contributed by atoms with Crippen LogP contribution in [0.4, 0.5) is 0 Å². The first-order chi connectivity index (χ1) is 10.1. The molecule has 0 saturated carbocycles. The maximum absolute atomic E-state index is 9.21. The van der Waals surface area contributed by atoms with Crippen molar-refractivity contribution in [1.82, 2.24) is 0 Å². The van der Waals surface area contributed by atoms with Crippen LogP contribution in [0.2, 0.25) is 0 Å². The Morgan fingerprint density at radius 2 is 1.90 bits per heavy atom. The average molecular weight is 350 g/mol. The molecule has 0 aliphatic heterocycles. The van der Waals surface area contributed by atoms with Gasteiger partial charge in [0.25, 0.3) is 0 Å². The van der Waals surface area contributed by atoms with E-state index in [-0.39, 0.29) is 18.8 Å². The van der Waals surface area contributed by atoms with Crippen molar-refractivity contribution in [1.29, 1.82) is 0 Å². The quantitative estimate of drug-likeness (QED) is 0.833. The molecular weight excluding hydrogens is 330 g/mol. The van der Waals surface area contributed by atoms with Crippen molar-refractivity contribution in [3.05, 3.63) is 64.1 Å². The Morgan fingerprint density at radius 3 is 2.52 bits per heavy atom. The van der Waals surface area contributed by atoms with Crippen LogP contribution >= 0.6 is 15.9 Å². The number of benzene rings is 2. The van der Waals surface area contributed by atoms with Crippen LogP contribution in [-0.2, 0) is 6.61 Å². The summed E-state index contributed by atoms with van der Waals surface area (Å²) in [5.74, 6) is 0.721. The molecule has 2 unspecified atom stereocenters. The number of aliphatic hydroxyl groups is 1. The SMILES string of the molecule is CCC(N)C(Oc1cccc(CO)c1)c1ccc(Br)cc1. The van der Waals surface area contributed by atoms with Crippen molar-refractivity contribution in [2.45, 2.75) is 32.1 Å². The van der Waals surface area contributed by atoms with Gasteiger partial charge in [-0.3, -0.25) is 0 Å². The van der Waals surface area contributed by atoms with Crippen LogP contribution in [0.15, 0.2) is 53.0 Å². The molecule has 2 rings (SSSR count). The molecule has 2 aromatic carbocycles. The van der Waals surface area contributed by atoms with Crippen molar-refractivity contribution < 1.29 is 9.84 Å². The third-order valence-corrected chi connectivity index (χ3v) is 3.93. The van der Waals surface area contributed by atoms with Gasteiger partial charge in [0.2, 0.25) is 0 Å². The molecule has 21 heavy (non-hydrogen) atoms. The standard InChI is InChI=1S/C17H20BrNO2/c1-2-16(19)17(13-6-8-14(18)9-7-13)21-15-5-3-4-12(10-15)11-20/h3-10,16-17,20H,2,11,19H2,1H3. The van der Waals surface area contributed by atoms with Crippen LogP contribution in [0.5, 0.6) is 5.75 Å². The Hall–Kier alpha value is -1.36. The van der Waals surface area contributed by atoms with Gasteiger partial charge in [0.1, 0.15) is 11.9 Å². The number of halogens is 1. The summed E-state index contributed by atoms with van der Waals surface area (Å²) in [4.78, 5) is 0. The van der Waals surface area contributed by atoms with Gasteiger partial charge in [0, 0.05) is 10.5 Å². The van der Waals surface area contributed by atoms with Crippen molar-refractivity contribution in [3.63, 3.8) is 0 Å². The molecule has 3 N–H and O–H groups in total. The fraction of sp³-hybridized carbons (Fsp3) is 0.294. The first kappa shape index (κ1) is 16.0. The lowest BCUT2D eigenvalue weighted by Gasteiger charge is -2.25. The molecule has 0 fully saturated rings. The zero-order valence-corrected chi connectivity index (χ0v) is 13.6. The highest BCUT2D eigenvalue weighted by atomic mass is 79.9. The highest BCUT2D eigenvalue weighted by Gasteiger charge is 2.20. The van der Waals surface area contributed by atoms with E-state index < -0.39 is 0 Å². The normalized spacial score (nSPS) is 13.7. The minimum atomic E-state index is -0.211. The van der Waals surface area contributed by atoms with Gasteiger partial charge in [-0.15, -0.1) is 0 Å². The second kappa shape index (κ2) is 7.59. The van der Waals surface area contributed by atoms with Gasteiger partial charge in [0.05, 0.1) is 6.61 Å². The van der Waals surface area contributed by atoms with E-state index in [1.54, 1.807) is 0 Å². The predicted octanol–water partition coefficient (Wildman–Crippen LogP) is 3.80. The zero-order valence-electron chi connectivity index (χ0n) is 12.0. The second-order valence-electron chi connectivity index (χ2n) is 4.97. The molecule has 0 amide bonds. The van der Waals surface area contributed by atoms with Gasteiger partial charge in [-0.05, 0) is 41.8 Å². The Kier molecular flexibility index (Phi) is 5.79. The lowest BCUT2D eigenvalue weighted by Crippen LogP contribution is -2.31. The number of hydrogen-bond acceptors (Lipinski definition) is 3. The van der Waals surface area contributed by atoms with Crippen LogP contribution < -0.4 is 10.5 Å². The molecule has 0 heterocycles. The predicted molar refractivity (Wildman–Crippen MR) is 88.1 cm³/mol. The summed E-state index contributed by atoms with van der Waals surface area (Å²) in [5.41, 5.74) is 8.09. The lowest BCUT2D eigenvalue weighted by molar-refractivity contribution is 0.170. The van der Waals surface area contributed by atoms with E-state index >= 15 is 0 Å². The zero-order chi connectivity index (χ0) is 15.2. The summed E-state index contributed by atoms with van der Waals surface area (Å²) >= 11 is 3.43.